The van der Waals surface area contributed by atoms with Gasteiger partial charge in [-0.1, -0.05) is 13.8 Å². The molecule has 0 aromatic heterocycles. The van der Waals surface area contributed by atoms with E-state index in [9.17, 15) is 5.11 Å². The molecule has 0 saturated carbocycles. The van der Waals surface area contributed by atoms with Gasteiger partial charge < -0.3 is 29.2 Å². The molecule has 110 valence electrons. The van der Waals surface area contributed by atoms with Crippen molar-refractivity contribution in [2.24, 2.45) is 5.92 Å². The van der Waals surface area contributed by atoms with Crippen LogP contribution in [0.15, 0.2) is 0 Å². The van der Waals surface area contributed by atoms with Crippen molar-refractivity contribution in [3.8, 4) is 0 Å². The zero-order chi connectivity index (χ0) is 13.6. The van der Waals surface area contributed by atoms with Crippen molar-refractivity contribution in [3.63, 3.8) is 0 Å². The molecule has 0 heterocycles. The number of aliphatic hydroxyl groups is 2. The fraction of sp³-hybridized carbons (Fsp3) is 1.00. The van der Waals surface area contributed by atoms with E-state index in [2.05, 4.69) is 0 Å². The Morgan fingerprint density at radius 2 is 1.39 bits per heavy atom. The predicted molar refractivity (Wildman–Crippen MR) is 66.3 cm³/mol. The van der Waals surface area contributed by atoms with Crippen LogP contribution in [0.2, 0.25) is 0 Å². The van der Waals surface area contributed by atoms with Crippen LogP contribution in [0.3, 0.4) is 0 Å². The van der Waals surface area contributed by atoms with Gasteiger partial charge in [0.05, 0.1) is 52.9 Å². The summed E-state index contributed by atoms with van der Waals surface area (Å²) in [7, 11) is 0. The highest BCUT2D eigenvalue weighted by atomic mass is 16.6. The number of ether oxygens (including phenoxy) is 4. The maximum absolute atomic E-state index is 9.37. The first-order chi connectivity index (χ1) is 8.66. The van der Waals surface area contributed by atoms with Crippen molar-refractivity contribution in [2.75, 3.05) is 52.9 Å². The fourth-order valence-corrected chi connectivity index (χ4v) is 1.04. The molecular formula is C12H26O6. The highest BCUT2D eigenvalue weighted by Crippen LogP contribution is 1.96. The molecule has 6 nitrogen and oxygen atoms in total. The summed E-state index contributed by atoms with van der Waals surface area (Å²) >= 11 is 0. The van der Waals surface area contributed by atoms with Gasteiger partial charge in [0.15, 0.2) is 6.29 Å². The Morgan fingerprint density at radius 3 is 1.94 bits per heavy atom. The minimum absolute atomic E-state index is 0.0252. The normalized spacial score (nSPS) is 13.2. The molecule has 0 amide bonds. The molecule has 18 heavy (non-hydrogen) atoms. The Kier molecular flexibility index (Phi) is 13.0. The van der Waals surface area contributed by atoms with Crippen LogP contribution in [0.4, 0.5) is 0 Å². The van der Waals surface area contributed by atoms with Gasteiger partial charge in [-0.2, -0.15) is 0 Å². The summed E-state index contributed by atoms with van der Waals surface area (Å²) < 4.78 is 20.5. The van der Waals surface area contributed by atoms with E-state index >= 15 is 0 Å². The minimum Gasteiger partial charge on any atom is -0.394 e. The molecule has 0 aromatic carbocycles. The SMILES string of the molecule is CC(C)COC(O)COCCOCCOCCO. The van der Waals surface area contributed by atoms with Crippen molar-refractivity contribution >= 4 is 0 Å². The molecule has 0 aliphatic heterocycles. The summed E-state index contributed by atoms with van der Waals surface area (Å²) in [5.41, 5.74) is 0. The second kappa shape index (κ2) is 13.2. The maximum atomic E-state index is 9.37. The lowest BCUT2D eigenvalue weighted by molar-refractivity contribution is -0.146. The monoisotopic (exact) mass is 266 g/mol. The third-order valence-corrected chi connectivity index (χ3v) is 1.86. The zero-order valence-corrected chi connectivity index (χ0v) is 11.3. The molecule has 0 bridgehead atoms. The van der Waals surface area contributed by atoms with Gasteiger partial charge in [0, 0.05) is 0 Å². The van der Waals surface area contributed by atoms with Crippen molar-refractivity contribution in [1.29, 1.82) is 0 Å². The summed E-state index contributed by atoms with van der Waals surface area (Å²) in [5, 5.41) is 17.8. The van der Waals surface area contributed by atoms with Crippen molar-refractivity contribution in [2.45, 2.75) is 20.1 Å². The molecule has 0 aliphatic carbocycles. The van der Waals surface area contributed by atoms with Crippen molar-refractivity contribution in [3.05, 3.63) is 0 Å². The summed E-state index contributed by atoms with van der Waals surface area (Å²) in [6.07, 6.45) is -0.875. The molecule has 0 fully saturated rings. The lowest BCUT2D eigenvalue weighted by Gasteiger charge is -2.14. The average Bonchev–Trinajstić information content (AvgIpc) is 2.34. The van der Waals surface area contributed by atoms with Crippen LogP contribution < -0.4 is 0 Å². The topological polar surface area (TPSA) is 77.4 Å². The van der Waals surface area contributed by atoms with Crippen LogP contribution in [0, 0.1) is 5.92 Å². The van der Waals surface area contributed by atoms with Gasteiger partial charge in [-0.05, 0) is 5.92 Å². The molecule has 0 aliphatic rings. The van der Waals surface area contributed by atoms with Gasteiger partial charge in [-0.15, -0.1) is 0 Å². The first kappa shape index (κ1) is 17.8. The smallest absolute Gasteiger partial charge is 0.178 e. The Morgan fingerprint density at radius 1 is 0.833 bits per heavy atom. The molecule has 0 radical (unpaired) electrons. The molecular weight excluding hydrogens is 240 g/mol. The lowest BCUT2D eigenvalue weighted by Crippen LogP contribution is -2.22. The second-order valence-corrected chi connectivity index (χ2v) is 4.21. The summed E-state index contributed by atoms with van der Waals surface area (Å²) in [5.74, 6) is 0.391. The molecule has 6 heteroatoms. The van der Waals surface area contributed by atoms with Crippen LogP contribution >= 0.6 is 0 Å². The molecule has 2 N–H and O–H groups in total. The summed E-state index contributed by atoms with van der Waals surface area (Å²) in [6.45, 7) is 6.83. The third-order valence-electron chi connectivity index (χ3n) is 1.86. The minimum atomic E-state index is -0.875. The fourth-order valence-electron chi connectivity index (χ4n) is 1.04. The highest BCUT2D eigenvalue weighted by molar-refractivity contribution is 4.43. The lowest BCUT2D eigenvalue weighted by atomic mass is 10.2. The summed E-state index contributed by atoms with van der Waals surface area (Å²) in [4.78, 5) is 0. The van der Waals surface area contributed by atoms with E-state index in [0.717, 1.165) is 0 Å². The quantitative estimate of drug-likeness (QED) is 0.361. The van der Waals surface area contributed by atoms with Gasteiger partial charge in [0.25, 0.3) is 0 Å². The van der Waals surface area contributed by atoms with Crippen LogP contribution in [0.5, 0.6) is 0 Å². The molecule has 1 unspecified atom stereocenters. The number of hydrogen-bond acceptors (Lipinski definition) is 6. The van der Waals surface area contributed by atoms with E-state index in [1.165, 1.54) is 0 Å². The van der Waals surface area contributed by atoms with Crippen molar-refractivity contribution < 1.29 is 29.2 Å². The van der Waals surface area contributed by atoms with Crippen molar-refractivity contribution in [1.82, 2.24) is 0 Å². The highest BCUT2D eigenvalue weighted by Gasteiger charge is 2.05. The first-order valence-corrected chi connectivity index (χ1v) is 6.30. The molecule has 1 atom stereocenters. The Hall–Kier alpha value is -0.240. The summed E-state index contributed by atoms with van der Waals surface area (Å²) in [6, 6.07) is 0. The standard InChI is InChI=1S/C12H26O6/c1-11(2)9-18-12(14)10-17-8-7-16-6-5-15-4-3-13/h11-14H,3-10H2,1-2H3. The Balaban J connectivity index is 3.10. The van der Waals surface area contributed by atoms with Gasteiger partial charge in [0.1, 0.15) is 0 Å². The van der Waals surface area contributed by atoms with E-state index in [0.29, 0.717) is 45.6 Å². The van der Waals surface area contributed by atoms with E-state index in [4.69, 9.17) is 24.1 Å². The molecule has 0 rings (SSSR count). The van der Waals surface area contributed by atoms with Crippen LogP contribution in [-0.4, -0.2) is 69.4 Å². The van der Waals surface area contributed by atoms with E-state index in [1.807, 2.05) is 13.8 Å². The van der Waals surface area contributed by atoms with E-state index in [1.54, 1.807) is 0 Å². The van der Waals surface area contributed by atoms with Gasteiger partial charge in [-0.25, -0.2) is 0 Å². The van der Waals surface area contributed by atoms with Gasteiger partial charge >= 0.3 is 0 Å². The number of rotatable bonds is 13. The van der Waals surface area contributed by atoms with Gasteiger partial charge in [0.2, 0.25) is 0 Å². The Labute approximate surface area is 109 Å². The molecule has 0 spiro atoms. The molecule has 0 saturated heterocycles. The average molecular weight is 266 g/mol. The zero-order valence-electron chi connectivity index (χ0n) is 11.3. The number of hydrogen-bond donors (Lipinski definition) is 2. The molecule has 0 aromatic rings. The third kappa shape index (κ3) is 13.8. The Bertz CT molecular complexity index is 165. The van der Waals surface area contributed by atoms with Gasteiger partial charge in [-0.3, -0.25) is 0 Å². The van der Waals surface area contributed by atoms with E-state index < -0.39 is 6.29 Å². The largest absolute Gasteiger partial charge is 0.394 e. The van der Waals surface area contributed by atoms with E-state index in [-0.39, 0.29) is 13.2 Å². The van der Waals surface area contributed by atoms with Crippen LogP contribution in [0.25, 0.3) is 0 Å². The van der Waals surface area contributed by atoms with Crippen LogP contribution in [-0.2, 0) is 18.9 Å². The van der Waals surface area contributed by atoms with Crippen LogP contribution in [0.1, 0.15) is 13.8 Å². The maximum Gasteiger partial charge on any atom is 0.178 e. The predicted octanol–water partition coefficient (Wildman–Crippen LogP) is 0.0195. The second-order valence-electron chi connectivity index (χ2n) is 4.21. The number of aliphatic hydroxyl groups excluding tert-OH is 2. The first-order valence-electron chi connectivity index (χ1n) is 6.30.